The Morgan fingerprint density at radius 1 is 1.77 bits per heavy atom. The molecule has 5 N–H and O–H groups in total. The number of carboxylic acid groups (broad SMARTS) is 1. The molecule has 7 nitrogen and oxygen atoms in total. The van der Waals surface area contributed by atoms with Gasteiger partial charge in [-0.3, -0.25) is 10.3 Å². The first-order valence-electron chi connectivity index (χ1n) is 3.59. The Balaban J connectivity index is 0.000000310. The summed E-state index contributed by atoms with van der Waals surface area (Å²) in [5, 5.41) is 14.6. The Hall–Kier alpha value is -1.79. The van der Waals surface area contributed by atoms with E-state index in [1.54, 1.807) is 7.05 Å². The standard InChI is InChI=1S/C4H9N5.C2H4O2/c1-6-4-8-2-7-3(5)9-4;1-2(3)4/h2H2,1H3,(H4,5,6,7,8,9);1H3,(H,3,4). The molecule has 13 heavy (non-hydrogen) atoms. The summed E-state index contributed by atoms with van der Waals surface area (Å²) in [5.41, 5.74) is 5.34. The van der Waals surface area contributed by atoms with E-state index < -0.39 is 5.97 Å². The van der Waals surface area contributed by atoms with E-state index in [-0.39, 0.29) is 0 Å². The van der Waals surface area contributed by atoms with Crippen molar-refractivity contribution >= 4 is 17.9 Å². The molecule has 0 saturated carbocycles. The molecule has 0 aromatic carbocycles. The van der Waals surface area contributed by atoms with Crippen molar-refractivity contribution < 1.29 is 14.9 Å². The average molecular weight is 187 g/mol. The molecule has 7 heteroatoms. The van der Waals surface area contributed by atoms with Crippen molar-refractivity contribution in [1.29, 1.82) is 0 Å². The molecule has 0 unspecified atom stereocenters. The number of carbonyl (C=O) groups is 1. The van der Waals surface area contributed by atoms with Crippen LogP contribution in [0.5, 0.6) is 0 Å². The molecule has 0 fully saturated rings. The number of hydrogen-bond donors (Lipinski definition) is 4. The van der Waals surface area contributed by atoms with Crippen molar-refractivity contribution in [3.8, 4) is 0 Å². The number of guanidine groups is 2. The number of hydrogen-bond acceptors (Lipinski definition) is 4. The van der Waals surface area contributed by atoms with Gasteiger partial charge >= 0.3 is 5.96 Å². The quantitative estimate of drug-likeness (QED) is 0.304. The summed E-state index contributed by atoms with van der Waals surface area (Å²) < 4.78 is 0. The third-order valence-corrected chi connectivity index (χ3v) is 1.01. The smallest absolute Gasteiger partial charge is 0.352 e. The van der Waals surface area contributed by atoms with Crippen molar-refractivity contribution in [2.45, 2.75) is 6.92 Å². The van der Waals surface area contributed by atoms with Gasteiger partial charge in [0, 0.05) is 5.97 Å². The molecule has 0 atom stereocenters. The van der Waals surface area contributed by atoms with Gasteiger partial charge in [-0.2, -0.15) is 0 Å². The molecule has 0 radical (unpaired) electrons. The van der Waals surface area contributed by atoms with Crippen LogP contribution in [-0.4, -0.2) is 31.6 Å². The van der Waals surface area contributed by atoms with Crippen LogP contribution in [0.2, 0.25) is 0 Å². The molecule has 0 amide bonds. The number of aliphatic carboxylic acids is 1. The highest BCUT2D eigenvalue weighted by atomic mass is 16.4. The van der Waals surface area contributed by atoms with Crippen molar-refractivity contribution in [3.63, 3.8) is 0 Å². The largest absolute Gasteiger partial charge is 0.550 e. The second kappa shape index (κ2) is 5.81. The Bertz CT molecular complexity index is 231. The van der Waals surface area contributed by atoms with E-state index in [9.17, 15) is 0 Å². The van der Waals surface area contributed by atoms with Crippen molar-refractivity contribution in [2.75, 3.05) is 13.7 Å². The maximum Gasteiger partial charge on any atom is 0.352 e. The zero-order valence-electron chi connectivity index (χ0n) is 7.55. The van der Waals surface area contributed by atoms with Crippen molar-refractivity contribution in [2.24, 2.45) is 10.7 Å². The van der Waals surface area contributed by atoms with Gasteiger partial charge in [0.05, 0.1) is 7.05 Å². The summed E-state index contributed by atoms with van der Waals surface area (Å²) in [5.74, 6) is 0.153. The average Bonchev–Trinajstić information content (AvgIpc) is 2.03. The molecule has 0 aliphatic carbocycles. The van der Waals surface area contributed by atoms with E-state index in [1.807, 2.05) is 0 Å². The molecule has 1 rings (SSSR count). The fourth-order valence-electron chi connectivity index (χ4n) is 0.566. The number of nitrogens with one attached hydrogen (secondary N) is 3. The maximum atomic E-state index is 8.89. The SMILES string of the molecule is CC(=O)[O-].C[NH+]=C1NCN=C(N)N1. The molecule has 0 spiro atoms. The van der Waals surface area contributed by atoms with E-state index in [0.29, 0.717) is 12.6 Å². The lowest BCUT2D eigenvalue weighted by molar-refractivity contribution is -0.424. The highest BCUT2D eigenvalue weighted by Crippen LogP contribution is 1.69. The molecule has 0 aromatic heterocycles. The van der Waals surface area contributed by atoms with Crippen LogP contribution in [-0.2, 0) is 4.79 Å². The normalized spacial score (nSPS) is 17.4. The van der Waals surface area contributed by atoms with Gasteiger partial charge in [-0.1, -0.05) is 0 Å². The van der Waals surface area contributed by atoms with Gasteiger partial charge in [0.15, 0.2) is 6.67 Å². The minimum atomic E-state index is -1.08. The molecule has 0 saturated heterocycles. The number of aliphatic imine (C=N–C) groups is 1. The summed E-state index contributed by atoms with van der Waals surface area (Å²) in [4.78, 5) is 15.6. The molecule has 1 aliphatic heterocycles. The van der Waals surface area contributed by atoms with Crippen LogP contribution in [0.1, 0.15) is 6.92 Å². The first kappa shape index (κ1) is 11.2. The Morgan fingerprint density at radius 3 is 2.62 bits per heavy atom. The van der Waals surface area contributed by atoms with Gasteiger partial charge in [0.25, 0.3) is 5.96 Å². The monoisotopic (exact) mass is 187 g/mol. The fourth-order valence-corrected chi connectivity index (χ4v) is 0.566. The molecule has 1 heterocycles. The van der Waals surface area contributed by atoms with E-state index >= 15 is 0 Å². The van der Waals surface area contributed by atoms with Gasteiger partial charge < -0.3 is 15.6 Å². The van der Waals surface area contributed by atoms with E-state index in [4.69, 9.17) is 15.6 Å². The van der Waals surface area contributed by atoms with Crippen LogP contribution >= 0.6 is 0 Å². The number of nitrogens with two attached hydrogens (primary N) is 1. The van der Waals surface area contributed by atoms with Gasteiger partial charge in [-0.15, -0.1) is 0 Å². The lowest BCUT2D eigenvalue weighted by atomic mass is 10.7. The second-order valence-electron chi connectivity index (χ2n) is 2.12. The minimum Gasteiger partial charge on any atom is -0.550 e. The van der Waals surface area contributed by atoms with Gasteiger partial charge in [0.1, 0.15) is 0 Å². The Morgan fingerprint density at radius 2 is 2.31 bits per heavy atom. The first-order chi connectivity index (χ1) is 6.06. The van der Waals surface area contributed by atoms with Crippen LogP contribution in [0.15, 0.2) is 4.99 Å². The third-order valence-electron chi connectivity index (χ3n) is 1.01. The predicted molar refractivity (Wildman–Crippen MR) is 45.3 cm³/mol. The summed E-state index contributed by atoms with van der Waals surface area (Å²) in [6, 6.07) is 0. The van der Waals surface area contributed by atoms with Crippen molar-refractivity contribution in [3.05, 3.63) is 0 Å². The first-order valence-corrected chi connectivity index (χ1v) is 3.59. The summed E-state index contributed by atoms with van der Waals surface area (Å²) in [6.45, 7) is 1.51. The van der Waals surface area contributed by atoms with Crippen LogP contribution in [0, 0.1) is 0 Å². The Labute approximate surface area is 75.7 Å². The zero-order chi connectivity index (χ0) is 10.3. The van der Waals surface area contributed by atoms with Crippen LogP contribution in [0.3, 0.4) is 0 Å². The molecule has 0 bridgehead atoms. The molecule has 0 aromatic rings. The molecule has 1 aliphatic rings. The maximum absolute atomic E-state index is 8.89. The van der Waals surface area contributed by atoms with Gasteiger partial charge in [-0.25, -0.2) is 10.3 Å². The van der Waals surface area contributed by atoms with Crippen LogP contribution in [0.25, 0.3) is 0 Å². The summed E-state index contributed by atoms with van der Waals surface area (Å²) in [7, 11) is 1.80. The highest BCUT2D eigenvalue weighted by Gasteiger charge is 2.10. The van der Waals surface area contributed by atoms with Gasteiger partial charge in [0.2, 0.25) is 0 Å². The van der Waals surface area contributed by atoms with Crippen LogP contribution in [0.4, 0.5) is 0 Å². The predicted octanol–water partition coefficient (Wildman–Crippen LogP) is -4.73. The van der Waals surface area contributed by atoms with E-state index in [1.165, 1.54) is 0 Å². The lowest BCUT2D eigenvalue weighted by Gasteiger charge is -2.06. The van der Waals surface area contributed by atoms with Crippen LogP contribution < -0.4 is 26.5 Å². The van der Waals surface area contributed by atoms with E-state index in [0.717, 1.165) is 12.9 Å². The Kier molecular flexibility index (Phi) is 5.01. The molecular formula is C6H13N5O2. The molecule has 74 valence electrons. The van der Waals surface area contributed by atoms with Gasteiger partial charge in [-0.05, 0) is 6.92 Å². The van der Waals surface area contributed by atoms with E-state index in [2.05, 4.69) is 20.6 Å². The fraction of sp³-hybridized carbons (Fsp3) is 0.500. The second-order valence-corrected chi connectivity index (χ2v) is 2.12. The lowest BCUT2D eigenvalue weighted by Crippen LogP contribution is -2.77. The molecular weight excluding hydrogens is 174 g/mol. The number of nitrogens with zero attached hydrogens (tertiary/aromatic N) is 1. The number of carbonyl (C=O) groups excluding carboxylic acids is 1. The number of rotatable bonds is 0. The topological polar surface area (TPSA) is 117 Å². The summed E-state index contributed by atoms with van der Waals surface area (Å²) in [6.07, 6.45) is 0. The minimum absolute atomic E-state index is 0.443. The third kappa shape index (κ3) is 6.60. The number of carboxylic acids is 1. The highest BCUT2D eigenvalue weighted by molar-refractivity contribution is 5.96. The summed E-state index contributed by atoms with van der Waals surface area (Å²) >= 11 is 0. The van der Waals surface area contributed by atoms with Crippen molar-refractivity contribution in [1.82, 2.24) is 10.6 Å². The zero-order valence-corrected chi connectivity index (χ0v) is 7.55.